The van der Waals surface area contributed by atoms with Crippen molar-refractivity contribution < 1.29 is 14.6 Å². The molecule has 0 saturated carbocycles. The van der Waals surface area contributed by atoms with Gasteiger partial charge in [-0.1, -0.05) is 30.3 Å². The molecule has 27 heavy (non-hydrogen) atoms. The molecule has 0 spiro atoms. The number of hydrogen-bond donors (Lipinski definition) is 2. The Hall–Kier alpha value is -2.59. The maximum atomic E-state index is 9.89. The largest absolute Gasteiger partial charge is 0.394 e. The van der Waals surface area contributed by atoms with E-state index in [4.69, 9.17) is 15.2 Å². The Morgan fingerprint density at radius 3 is 2.85 bits per heavy atom. The summed E-state index contributed by atoms with van der Waals surface area (Å²) >= 11 is 0. The molecule has 2 aliphatic heterocycles. The molecule has 0 radical (unpaired) electrons. The lowest BCUT2D eigenvalue weighted by atomic mass is 10.1. The zero-order chi connectivity index (χ0) is 18.4. The van der Waals surface area contributed by atoms with Crippen molar-refractivity contribution in [3.8, 4) is 0 Å². The van der Waals surface area contributed by atoms with Gasteiger partial charge in [0.15, 0.2) is 17.7 Å². The second-order valence-electron chi connectivity index (χ2n) is 6.81. The first-order valence-corrected chi connectivity index (χ1v) is 8.85. The summed E-state index contributed by atoms with van der Waals surface area (Å²) in [5, 5.41) is 9.89. The highest BCUT2D eigenvalue weighted by molar-refractivity contribution is 5.81. The van der Waals surface area contributed by atoms with Crippen LogP contribution in [0.2, 0.25) is 0 Å². The molecule has 9 nitrogen and oxygen atoms in total. The van der Waals surface area contributed by atoms with E-state index in [0.29, 0.717) is 23.7 Å². The molecule has 9 heteroatoms. The SMILES string of the molecule is Nc1ncnc2c1ncn2[C@@H]1O[C@H](CO)[C@@H]2[C@H]1OCN2Cc1ccccc1. The normalized spacial score (nSPS) is 28.0. The summed E-state index contributed by atoms with van der Waals surface area (Å²) in [7, 11) is 0. The molecule has 2 aliphatic rings. The van der Waals surface area contributed by atoms with Crippen LogP contribution in [-0.4, -0.2) is 61.1 Å². The molecule has 4 heterocycles. The molecule has 2 aromatic heterocycles. The molecule has 140 valence electrons. The van der Waals surface area contributed by atoms with Crippen molar-refractivity contribution in [3.63, 3.8) is 0 Å². The molecule has 3 N–H and O–H groups in total. The van der Waals surface area contributed by atoms with Gasteiger partial charge in [0.25, 0.3) is 0 Å². The van der Waals surface area contributed by atoms with Crippen LogP contribution in [0.15, 0.2) is 43.0 Å². The number of rotatable bonds is 4. The number of aliphatic hydroxyl groups is 1. The fraction of sp³-hybridized carbons (Fsp3) is 0.389. The van der Waals surface area contributed by atoms with Crippen molar-refractivity contribution in [2.45, 2.75) is 31.0 Å². The quantitative estimate of drug-likeness (QED) is 0.686. The van der Waals surface area contributed by atoms with E-state index < -0.39 is 6.23 Å². The highest BCUT2D eigenvalue weighted by Gasteiger charge is 2.52. The van der Waals surface area contributed by atoms with Gasteiger partial charge in [-0.15, -0.1) is 0 Å². The van der Waals surface area contributed by atoms with Crippen molar-refractivity contribution in [1.82, 2.24) is 24.4 Å². The highest BCUT2D eigenvalue weighted by atomic mass is 16.6. The van der Waals surface area contributed by atoms with Crippen molar-refractivity contribution >= 4 is 17.0 Å². The van der Waals surface area contributed by atoms with Crippen LogP contribution in [-0.2, 0) is 16.0 Å². The van der Waals surface area contributed by atoms with E-state index in [0.717, 1.165) is 6.54 Å². The number of fused-ring (bicyclic) bond motifs is 2. The number of anilines is 1. The number of hydrogen-bond acceptors (Lipinski definition) is 8. The van der Waals surface area contributed by atoms with Crippen LogP contribution in [0.25, 0.3) is 11.2 Å². The minimum absolute atomic E-state index is 0.0585. The Bertz CT molecular complexity index is 949. The van der Waals surface area contributed by atoms with Crippen LogP contribution in [0, 0.1) is 0 Å². The van der Waals surface area contributed by atoms with E-state index in [1.54, 1.807) is 6.33 Å². The standard InChI is InChI=1S/C18H20N6O3/c19-16-13-17(21-8-20-16)24(9-22-13)18-15-14(12(7-25)27-18)23(10-26-15)6-11-4-2-1-3-5-11/h1-5,8-9,12,14-15,18,25H,6-7,10H2,(H2,19,20,21)/t12-,14-,15-,18-/m1/s1. The number of nitrogens with zero attached hydrogens (tertiary/aromatic N) is 5. The summed E-state index contributed by atoms with van der Waals surface area (Å²) in [4.78, 5) is 14.8. The van der Waals surface area contributed by atoms with Gasteiger partial charge in [-0.25, -0.2) is 15.0 Å². The summed E-state index contributed by atoms with van der Waals surface area (Å²) in [5.74, 6) is 0.324. The van der Waals surface area contributed by atoms with Crippen LogP contribution in [0.1, 0.15) is 11.8 Å². The van der Waals surface area contributed by atoms with Crippen LogP contribution >= 0.6 is 0 Å². The fourth-order valence-corrected chi connectivity index (χ4v) is 4.01. The minimum Gasteiger partial charge on any atom is -0.394 e. The second-order valence-corrected chi connectivity index (χ2v) is 6.81. The van der Waals surface area contributed by atoms with E-state index >= 15 is 0 Å². The highest BCUT2D eigenvalue weighted by Crippen LogP contribution is 2.40. The van der Waals surface area contributed by atoms with Gasteiger partial charge in [0.05, 0.1) is 19.0 Å². The predicted octanol–water partition coefficient (Wildman–Crippen LogP) is 0.525. The van der Waals surface area contributed by atoms with Gasteiger partial charge in [-0.3, -0.25) is 9.47 Å². The maximum absolute atomic E-state index is 9.89. The summed E-state index contributed by atoms with van der Waals surface area (Å²) in [6, 6.07) is 10.1. The zero-order valence-corrected chi connectivity index (χ0v) is 14.5. The molecule has 4 atom stereocenters. The van der Waals surface area contributed by atoms with E-state index in [1.165, 1.54) is 11.9 Å². The van der Waals surface area contributed by atoms with Crippen molar-refractivity contribution in [2.24, 2.45) is 0 Å². The van der Waals surface area contributed by atoms with Gasteiger partial charge in [-0.2, -0.15) is 0 Å². The number of aliphatic hydroxyl groups excluding tert-OH is 1. The molecule has 0 aliphatic carbocycles. The second kappa shape index (κ2) is 6.54. The van der Waals surface area contributed by atoms with E-state index in [-0.39, 0.29) is 24.9 Å². The molecule has 0 bridgehead atoms. The maximum Gasteiger partial charge on any atom is 0.167 e. The first-order valence-electron chi connectivity index (χ1n) is 8.85. The summed E-state index contributed by atoms with van der Waals surface area (Å²) < 4.78 is 14.0. The predicted molar refractivity (Wildman–Crippen MR) is 96.2 cm³/mol. The number of aromatic nitrogens is 4. The van der Waals surface area contributed by atoms with Crippen molar-refractivity contribution in [2.75, 3.05) is 19.1 Å². The van der Waals surface area contributed by atoms with E-state index in [2.05, 4.69) is 32.0 Å². The Morgan fingerprint density at radius 2 is 2.04 bits per heavy atom. The lowest BCUT2D eigenvalue weighted by Gasteiger charge is -2.24. The molecule has 0 unspecified atom stereocenters. The van der Waals surface area contributed by atoms with E-state index in [9.17, 15) is 5.11 Å². The van der Waals surface area contributed by atoms with Crippen LogP contribution in [0.5, 0.6) is 0 Å². The molecule has 1 aromatic carbocycles. The molecular formula is C18H20N6O3. The number of benzene rings is 1. The average molecular weight is 368 g/mol. The minimum atomic E-state index is -0.438. The third-order valence-corrected chi connectivity index (χ3v) is 5.24. The Balaban J connectivity index is 1.46. The topological polar surface area (TPSA) is 112 Å². The van der Waals surface area contributed by atoms with Crippen molar-refractivity contribution in [1.29, 1.82) is 0 Å². The van der Waals surface area contributed by atoms with Crippen molar-refractivity contribution in [3.05, 3.63) is 48.5 Å². The van der Waals surface area contributed by atoms with Crippen LogP contribution in [0.3, 0.4) is 0 Å². The molecule has 3 aromatic rings. The van der Waals surface area contributed by atoms with Gasteiger partial charge in [0.2, 0.25) is 0 Å². The van der Waals surface area contributed by atoms with Crippen LogP contribution < -0.4 is 5.73 Å². The number of nitrogen functional groups attached to an aromatic ring is 1. The molecule has 5 rings (SSSR count). The Morgan fingerprint density at radius 1 is 1.19 bits per heavy atom. The van der Waals surface area contributed by atoms with Gasteiger partial charge in [0.1, 0.15) is 30.8 Å². The van der Waals surface area contributed by atoms with E-state index in [1.807, 2.05) is 22.8 Å². The Labute approximate surface area is 155 Å². The number of ether oxygens (including phenoxy) is 2. The first kappa shape index (κ1) is 16.6. The van der Waals surface area contributed by atoms with Gasteiger partial charge < -0.3 is 20.3 Å². The van der Waals surface area contributed by atoms with Crippen LogP contribution in [0.4, 0.5) is 5.82 Å². The first-order chi connectivity index (χ1) is 13.3. The number of nitrogens with two attached hydrogens (primary N) is 1. The molecule has 2 saturated heterocycles. The van der Waals surface area contributed by atoms with Gasteiger partial charge in [0, 0.05) is 6.54 Å². The summed E-state index contributed by atoms with van der Waals surface area (Å²) in [5.41, 5.74) is 8.20. The molecule has 0 amide bonds. The fourth-order valence-electron chi connectivity index (χ4n) is 4.01. The smallest absolute Gasteiger partial charge is 0.167 e. The lowest BCUT2D eigenvalue weighted by molar-refractivity contribution is -0.0852. The van der Waals surface area contributed by atoms with Gasteiger partial charge in [-0.05, 0) is 5.56 Å². The third kappa shape index (κ3) is 2.67. The summed E-state index contributed by atoms with van der Waals surface area (Å²) in [6.45, 7) is 1.12. The Kier molecular flexibility index (Phi) is 4.01. The zero-order valence-electron chi connectivity index (χ0n) is 14.5. The average Bonchev–Trinajstić information content (AvgIpc) is 3.38. The lowest BCUT2D eigenvalue weighted by Crippen LogP contribution is -2.41. The molecular weight excluding hydrogens is 348 g/mol. The van der Waals surface area contributed by atoms with Gasteiger partial charge >= 0.3 is 0 Å². The summed E-state index contributed by atoms with van der Waals surface area (Å²) in [6.07, 6.45) is 2.01. The monoisotopic (exact) mass is 368 g/mol. The third-order valence-electron chi connectivity index (χ3n) is 5.24. The molecule has 2 fully saturated rings. The number of imidazole rings is 1.